The number of amides is 1. The number of rotatable bonds is 9. The summed E-state index contributed by atoms with van der Waals surface area (Å²) >= 11 is 0. The Balaban J connectivity index is 1.60. The highest BCUT2D eigenvalue weighted by Gasteiger charge is 2.22. The van der Waals surface area contributed by atoms with E-state index in [1.165, 1.54) is 0 Å². The first kappa shape index (κ1) is 19.9. The molecule has 3 N–H and O–H groups in total. The van der Waals surface area contributed by atoms with E-state index in [1.54, 1.807) is 11.6 Å². The molecule has 0 aromatic carbocycles. The van der Waals surface area contributed by atoms with Crippen molar-refractivity contribution < 1.29 is 18.6 Å². The number of nitrogens with one attached hydrogen (secondary N) is 1. The Bertz CT molecular complexity index is 582. The summed E-state index contributed by atoms with van der Waals surface area (Å²) in [6, 6.07) is 0. The van der Waals surface area contributed by atoms with Crippen LogP contribution in [0.1, 0.15) is 12.6 Å². The molecule has 25 heavy (non-hydrogen) atoms. The molecule has 10 heteroatoms. The molecule has 1 aliphatic heterocycles. The monoisotopic (exact) mass is 373 g/mol. The zero-order valence-corrected chi connectivity index (χ0v) is 15.4. The van der Waals surface area contributed by atoms with Gasteiger partial charge in [0.2, 0.25) is 5.91 Å². The predicted molar refractivity (Wildman–Crippen MR) is 96.5 cm³/mol. The molecule has 1 aliphatic rings. The number of ether oxygens (including phenoxy) is 1. The molecule has 0 bridgehead atoms. The predicted octanol–water partition coefficient (Wildman–Crippen LogP) is 0.553. The highest BCUT2D eigenvalue weighted by atomic mass is 32.3. The van der Waals surface area contributed by atoms with Crippen LogP contribution in [-0.4, -0.2) is 79.3 Å². The van der Waals surface area contributed by atoms with Crippen molar-refractivity contribution in [2.24, 2.45) is 0 Å². The Morgan fingerprint density at radius 1 is 1.40 bits per heavy atom. The second-order valence-corrected chi connectivity index (χ2v) is 8.53. The molecule has 2 rings (SSSR count). The third-order valence-electron chi connectivity index (χ3n) is 3.82. The van der Waals surface area contributed by atoms with Gasteiger partial charge in [0.25, 0.3) is 0 Å². The van der Waals surface area contributed by atoms with Crippen LogP contribution in [0.4, 0.5) is 0 Å². The van der Waals surface area contributed by atoms with E-state index in [4.69, 9.17) is 4.74 Å². The van der Waals surface area contributed by atoms with Gasteiger partial charge in [0.15, 0.2) is 0 Å². The fourth-order valence-corrected chi connectivity index (χ4v) is 3.63. The van der Waals surface area contributed by atoms with Crippen LogP contribution < -0.4 is 5.32 Å². The number of hydrogen-bond donors (Lipinski definition) is 3. The van der Waals surface area contributed by atoms with E-state index in [0.717, 1.165) is 5.69 Å². The van der Waals surface area contributed by atoms with Gasteiger partial charge < -0.3 is 10.1 Å². The second kappa shape index (κ2) is 9.30. The van der Waals surface area contributed by atoms with E-state index in [-0.39, 0.29) is 5.91 Å². The van der Waals surface area contributed by atoms with Gasteiger partial charge in [-0.3, -0.25) is 18.8 Å². The Morgan fingerprint density at radius 2 is 2.12 bits per heavy atom. The summed E-state index contributed by atoms with van der Waals surface area (Å²) in [5.74, 6) is 0.691. The van der Waals surface area contributed by atoms with Crippen molar-refractivity contribution in [1.82, 2.24) is 25.2 Å². The third-order valence-corrected chi connectivity index (χ3v) is 5.50. The molecule has 0 spiro atoms. The maximum absolute atomic E-state index is 11.3. The van der Waals surface area contributed by atoms with Gasteiger partial charge in [-0.05, 0) is 6.92 Å². The summed E-state index contributed by atoms with van der Waals surface area (Å²) in [4.78, 5) is 13.4. The van der Waals surface area contributed by atoms with Gasteiger partial charge in [-0.15, -0.1) is 5.10 Å². The lowest BCUT2D eigenvalue weighted by Gasteiger charge is -2.40. The smallest absolute Gasteiger partial charge is 0.246 e. The van der Waals surface area contributed by atoms with Crippen molar-refractivity contribution in [3.63, 3.8) is 0 Å². The van der Waals surface area contributed by atoms with Crippen LogP contribution in [0.5, 0.6) is 0 Å². The number of aromatic nitrogens is 3. The van der Waals surface area contributed by atoms with Crippen LogP contribution in [0.2, 0.25) is 0 Å². The molecule has 1 saturated heterocycles. The minimum Gasteiger partial charge on any atom is -0.378 e. The summed E-state index contributed by atoms with van der Waals surface area (Å²) in [5.41, 5.74) is 1.33. The molecule has 0 radical (unpaired) electrons. The van der Waals surface area contributed by atoms with Gasteiger partial charge in [-0.25, -0.2) is 4.68 Å². The molecule has 0 saturated carbocycles. The van der Waals surface area contributed by atoms with Gasteiger partial charge in [0.05, 0.1) is 37.0 Å². The first-order chi connectivity index (χ1) is 11.9. The van der Waals surface area contributed by atoms with Crippen molar-refractivity contribution >= 4 is 16.5 Å². The van der Waals surface area contributed by atoms with Gasteiger partial charge in [-0.2, -0.15) is 10.6 Å². The SMILES string of the molecule is C=C(C)C(=O)NCCOCCn1cc(CN2CCS(O)(O)CC2)nn1. The molecule has 1 amide bonds. The molecule has 1 fully saturated rings. The highest BCUT2D eigenvalue weighted by Crippen LogP contribution is 2.40. The lowest BCUT2D eigenvalue weighted by atomic mass is 10.3. The van der Waals surface area contributed by atoms with Gasteiger partial charge in [0.1, 0.15) is 0 Å². The standard InChI is InChI=1S/C15H27N5O4S/c1-13(2)15(21)16-3-7-24-8-4-20-12-14(17-18-20)11-19-5-9-25(22,23)10-6-19/h12,22-23H,1,3-11H2,2H3,(H,16,21). The number of carbonyl (C=O) groups is 1. The van der Waals surface area contributed by atoms with Crippen LogP contribution in [0.25, 0.3) is 0 Å². The lowest BCUT2D eigenvalue weighted by Crippen LogP contribution is -2.37. The molecular weight excluding hydrogens is 346 g/mol. The fourth-order valence-electron chi connectivity index (χ4n) is 2.32. The van der Waals surface area contributed by atoms with Crippen LogP contribution in [0.15, 0.2) is 18.3 Å². The Labute approximate surface area is 149 Å². The van der Waals surface area contributed by atoms with Gasteiger partial charge >= 0.3 is 0 Å². The summed E-state index contributed by atoms with van der Waals surface area (Å²) in [6.07, 6.45) is 1.87. The lowest BCUT2D eigenvalue weighted by molar-refractivity contribution is -0.117. The van der Waals surface area contributed by atoms with E-state index >= 15 is 0 Å². The van der Waals surface area contributed by atoms with Crippen LogP contribution in [0.3, 0.4) is 0 Å². The Kier molecular flexibility index (Phi) is 7.38. The minimum atomic E-state index is -2.36. The van der Waals surface area contributed by atoms with E-state index in [1.807, 2.05) is 6.20 Å². The molecule has 142 valence electrons. The van der Waals surface area contributed by atoms with Crippen molar-refractivity contribution in [3.8, 4) is 0 Å². The molecule has 9 nitrogen and oxygen atoms in total. The second-order valence-electron chi connectivity index (χ2n) is 6.11. The molecule has 1 aromatic heterocycles. The average Bonchev–Trinajstić information content (AvgIpc) is 3.00. The normalized spacial score (nSPS) is 18.7. The summed E-state index contributed by atoms with van der Waals surface area (Å²) in [6.45, 7) is 9.15. The average molecular weight is 373 g/mol. The van der Waals surface area contributed by atoms with E-state index < -0.39 is 10.6 Å². The van der Waals surface area contributed by atoms with E-state index in [9.17, 15) is 13.9 Å². The molecule has 0 atom stereocenters. The first-order valence-corrected chi connectivity index (χ1v) is 10.1. The maximum atomic E-state index is 11.3. The number of nitrogens with zero attached hydrogens (tertiary/aromatic N) is 4. The topological polar surface area (TPSA) is 113 Å². The van der Waals surface area contributed by atoms with Crippen LogP contribution in [0, 0.1) is 0 Å². The Hall–Kier alpha value is -1.46. The third kappa shape index (κ3) is 7.12. The molecule has 2 heterocycles. The van der Waals surface area contributed by atoms with Gasteiger partial charge in [0, 0.05) is 37.9 Å². The van der Waals surface area contributed by atoms with E-state index in [2.05, 4.69) is 27.1 Å². The van der Waals surface area contributed by atoms with Crippen LogP contribution >= 0.6 is 10.6 Å². The van der Waals surface area contributed by atoms with Crippen molar-refractivity contribution in [2.45, 2.75) is 20.0 Å². The van der Waals surface area contributed by atoms with Crippen molar-refractivity contribution in [1.29, 1.82) is 0 Å². The number of hydrogen-bond acceptors (Lipinski definition) is 7. The van der Waals surface area contributed by atoms with Crippen LogP contribution in [-0.2, 0) is 22.6 Å². The minimum absolute atomic E-state index is 0.163. The zero-order valence-electron chi connectivity index (χ0n) is 14.6. The Morgan fingerprint density at radius 3 is 2.80 bits per heavy atom. The van der Waals surface area contributed by atoms with E-state index in [0.29, 0.717) is 63.0 Å². The quantitative estimate of drug-likeness (QED) is 0.428. The molecule has 0 unspecified atom stereocenters. The summed E-state index contributed by atoms with van der Waals surface area (Å²) < 4.78 is 26.4. The van der Waals surface area contributed by atoms with Gasteiger partial charge in [-0.1, -0.05) is 11.8 Å². The molecular formula is C15H27N5O4S. The van der Waals surface area contributed by atoms with Crippen molar-refractivity contribution in [2.75, 3.05) is 44.4 Å². The summed E-state index contributed by atoms with van der Waals surface area (Å²) in [7, 11) is -2.36. The largest absolute Gasteiger partial charge is 0.378 e. The molecule has 0 aliphatic carbocycles. The van der Waals surface area contributed by atoms with Crippen molar-refractivity contribution in [3.05, 3.63) is 24.0 Å². The number of carbonyl (C=O) groups excluding carboxylic acids is 1. The fraction of sp³-hybridized carbons (Fsp3) is 0.667. The summed E-state index contributed by atoms with van der Waals surface area (Å²) in [5, 5.41) is 10.9. The zero-order chi connectivity index (χ0) is 18.3. The highest BCUT2D eigenvalue weighted by molar-refractivity contribution is 8.24. The first-order valence-electron chi connectivity index (χ1n) is 8.22. The molecule has 1 aromatic rings. The maximum Gasteiger partial charge on any atom is 0.246 e.